The van der Waals surface area contributed by atoms with Gasteiger partial charge in [0, 0.05) is 38.6 Å². The van der Waals surface area contributed by atoms with Gasteiger partial charge in [0.15, 0.2) is 5.58 Å². The minimum absolute atomic E-state index is 0.460. The molecule has 6 heteroatoms. The zero-order chi connectivity index (χ0) is 37.7. The highest BCUT2D eigenvalue weighted by Gasteiger charge is 2.26. The summed E-state index contributed by atoms with van der Waals surface area (Å²) in [6, 6.07) is 69.7. The fourth-order valence-electron chi connectivity index (χ4n) is 8.19. The van der Waals surface area contributed by atoms with Gasteiger partial charge in [0.2, 0.25) is 12.2 Å². The number of rotatable bonds is 7. The van der Waals surface area contributed by atoms with Crippen LogP contribution in [0.2, 0.25) is 0 Å². The van der Waals surface area contributed by atoms with Crippen LogP contribution in [-0.2, 0) is 0 Å². The molecule has 8 aromatic carbocycles. The molecular formula is C51H35N5O. The fourth-order valence-corrected chi connectivity index (χ4v) is 8.19. The van der Waals surface area contributed by atoms with Crippen LogP contribution in [-0.4, -0.2) is 9.55 Å². The standard InChI is InChI=1S/C51H35N5O/c1-5-15-35(16-6-1)47-42-23-13-14-24-44(42)53-51(54-47)56-46-32-27-37(33-43(46)41-30-31-45-49(48(41)56)57-50(52-45)36-17-7-2-8-18-36)34-25-28-40(29-26-34)55(38-19-9-3-10-20-38)39-21-11-4-12-22-39/h1-33,51,54H. The van der Waals surface area contributed by atoms with Crippen molar-refractivity contribution in [1.29, 1.82) is 0 Å². The number of aromatic nitrogens is 2. The van der Waals surface area contributed by atoms with Gasteiger partial charge in [-0.15, -0.1) is 0 Å². The van der Waals surface area contributed by atoms with Gasteiger partial charge in [-0.3, -0.25) is 4.57 Å². The van der Waals surface area contributed by atoms with Crippen molar-refractivity contribution in [2.24, 2.45) is 4.99 Å². The topological polar surface area (TPSA) is 58.6 Å². The summed E-state index contributed by atoms with van der Waals surface area (Å²) in [4.78, 5) is 12.6. The van der Waals surface area contributed by atoms with E-state index in [0.29, 0.717) is 5.89 Å². The van der Waals surface area contributed by atoms with Gasteiger partial charge < -0.3 is 14.6 Å². The number of hydrogen-bond donors (Lipinski definition) is 1. The van der Waals surface area contributed by atoms with Crippen molar-refractivity contribution < 1.29 is 4.42 Å². The Kier molecular flexibility index (Phi) is 7.78. The van der Waals surface area contributed by atoms with E-state index >= 15 is 0 Å². The van der Waals surface area contributed by atoms with E-state index < -0.39 is 6.29 Å². The molecule has 0 bridgehead atoms. The lowest BCUT2D eigenvalue weighted by Gasteiger charge is -2.25. The lowest BCUT2D eigenvalue weighted by molar-refractivity contribution is 0.488. The van der Waals surface area contributed by atoms with E-state index in [-0.39, 0.29) is 0 Å². The van der Waals surface area contributed by atoms with Crippen LogP contribution < -0.4 is 20.8 Å². The molecule has 270 valence electrons. The van der Waals surface area contributed by atoms with E-state index in [1.54, 1.807) is 0 Å². The first kappa shape index (κ1) is 32.7. The highest BCUT2D eigenvalue weighted by atomic mass is 16.3. The lowest BCUT2D eigenvalue weighted by atomic mass is 10.0. The summed E-state index contributed by atoms with van der Waals surface area (Å²) in [5.74, 6) is 0.589. The molecule has 10 aromatic rings. The van der Waals surface area contributed by atoms with Crippen LogP contribution in [0.4, 0.5) is 17.1 Å². The summed E-state index contributed by atoms with van der Waals surface area (Å²) in [6.07, 6.45) is -0.460. The summed E-state index contributed by atoms with van der Waals surface area (Å²) in [6.45, 7) is 0. The second-order valence-corrected chi connectivity index (χ2v) is 14.3. The summed E-state index contributed by atoms with van der Waals surface area (Å²) in [5, 5.41) is 8.04. The van der Waals surface area contributed by atoms with Crippen LogP contribution in [0.1, 0.15) is 11.9 Å². The maximum absolute atomic E-state index is 6.72. The summed E-state index contributed by atoms with van der Waals surface area (Å²) in [7, 11) is 0. The van der Waals surface area contributed by atoms with Crippen LogP contribution in [0.3, 0.4) is 0 Å². The highest BCUT2D eigenvalue weighted by molar-refractivity contribution is 6.16. The van der Waals surface area contributed by atoms with Crippen molar-refractivity contribution in [2.45, 2.75) is 6.29 Å². The maximum atomic E-state index is 6.72. The van der Waals surface area contributed by atoms with Crippen molar-refractivity contribution in [1.82, 2.24) is 14.9 Å². The largest absolute Gasteiger partial charge is 0.434 e. The van der Waals surface area contributed by atoms with Crippen LogP contribution >= 0.6 is 0 Å². The Balaban J connectivity index is 1.09. The average Bonchev–Trinajstić information content (AvgIpc) is 3.87. The molecule has 0 radical (unpaired) electrons. The van der Waals surface area contributed by atoms with Crippen LogP contribution in [0, 0.1) is 0 Å². The van der Waals surface area contributed by atoms with Gasteiger partial charge >= 0.3 is 0 Å². The maximum Gasteiger partial charge on any atom is 0.227 e. The first-order valence-electron chi connectivity index (χ1n) is 19.2. The first-order chi connectivity index (χ1) is 28.3. The molecule has 6 nitrogen and oxygen atoms in total. The third kappa shape index (κ3) is 5.66. The van der Waals surface area contributed by atoms with Crippen LogP contribution in [0.5, 0.6) is 0 Å². The van der Waals surface area contributed by atoms with Crippen molar-refractivity contribution >= 4 is 55.7 Å². The molecule has 1 unspecified atom stereocenters. The van der Waals surface area contributed by atoms with Gasteiger partial charge in [0.1, 0.15) is 5.52 Å². The Hall–Kier alpha value is -7.70. The minimum Gasteiger partial charge on any atom is -0.434 e. The van der Waals surface area contributed by atoms with E-state index in [9.17, 15) is 0 Å². The zero-order valence-electron chi connectivity index (χ0n) is 30.8. The molecule has 1 N–H and O–H groups in total. The summed E-state index contributed by atoms with van der Waals surface area (Å²) < 4.78 is 9.01. The monoisotopic (exact) mass is 733 g/mol. The number of nitrogens with zero attached hydrogens (tertiary/aromatic N) is 4. The van der Waals surface area contributed by atoms with Gasteiger partial charge in [-0.2, -0.15) is 0 Å². The molecule has 0 spiro atoms. The van der Waals surface area contributed by atoms with Gasteiger partial charge in [-0.05, 0) is 95.6 Å². The van der Waals surface area contributed by atoms with E-state index in [1.165, 1.54) is 0 Å². The quantitative estimate of drug-likeness (QED) is 0.177. The second kappa shape index (κ2) is 13.6. The number of anilines is 3. The Morgan fingerprint density at radius 3 is 1.81 bits per heavy atom. The molecule has 3 heterocycles. The number of oxazole rings is 1. The molecule has 0 saturated heterocycles. The van der Waals surface area contributed by atoms with Gasteiger partial charge in [-0.25, -0.2) is 9.98 Å². The second-order valence-electron chi connectivity index (χ2n) is 14.3. The summed E-state index contributed by atoms with van der Waals surface area (Å²) in [5.41, 5.74) is 12.1. The normalized spacial score (nSPS) is 13.7. The first-order valence-corrected chi connectivity index (χ1v) is 19.2. The van der Waals surface area contributed by atoms with Gasteiger partial charge in [0.05, 0.1) is 22.1 Å². The third-order valence-corrected chi connectivity index (χ3v) is 10.8. The number of hydrogen-bond acceptors (Lipinski definition) is 5. The van der Waals surface area contributed by atoms with E-state index in [1.807, 2.05) is 36.4 Å². The van der Waals surface area contributed by atoms with Crippen LogP contribution in [0.15, 0.2) is 210 Å². The SMILES string of the molecule is c1ccc(C2=c3ccccc3=NC(n3c4ccc(-c5ccc(N(c6ccccc6)c6ccccc6)cc5)cc4c4ccc5nc(-c6ccccc6)oc5c43)N2)cc1. The van der Waals surface area contributed by atoms with Gasteiger partial charge in [-0.1, -0.05) is 121 Å². The minimum atomic E-state index is -0.460. The molecule has 1 atom stereocenters. The molecule has 11 rings (SSSR count). The van der Waals surface area contributed by atoms with E-state index in [4.69, 9.17) is 14.4 Å². The number of benzene rings is 8. The molecule has 0 saturated carbocycles. The molecule has 0 amide bonds. The van der Waals surface area contributed by atoms with Gasteiger partial charge in [0.25, 0.3) is 0 Å². The molecule has 2 aromatic heterocycles. The molecule has 57 heavy (non-hydrogen) atoms. The molecule has 0 fully saturated rings. The predicted octanol–water partition coefficient (Wildman–Crippen LogP) is 11.3. The molecule has 0 aliphatic carbocycles. The number of para-hydroxylation sites is 3. The fraction of sp³-hybridized carbons (Fsp3) is 0.0196. The average molecular weight is 734 g/mol. The van der Waals surface area contributed by atoms with Crippen molar-refractivity contribution in [3.05, 3.63) is 216 Å². The highest BCUT2D eigenvalue weighted by Crippen LogP contribution is 2.41. The molecule has 1 aliphatic heterocycles. The Bertz CT molecular complexity index is 3150. The Morgan fingerprint density at radius 2 is 1.11 bits per heavy atom. The summed E-state index contributed by atoms with van der Waals surface area (Å²) >= 11 is 0. The number of nitrogens with one attached hydrogen (secondary N) is 1. The Labute approximate surface area is 328 Å². The van der Waals surface area contributed by atoms with Crippen molar-refractivity contribution in [3.63, 3.8) is 0 Å². The van der Waals surface area contributed by atoms with Crippen LogP contribution in [0.25, 0.3) is 61.2 Å². The van der Waals surface area contributed by atoms with Crippen molar-refractivity contribution in [2.75, 3.05) is 4.90 Å². The number of fused-ring (bicyclic) bond motifs is 6. The molecule has 1 aliphatic rings. The van der Waals surface area contributed by atoms with Crippen molar-refractivity contribution in [3.8, 4) is 22.6 Å². The van der Waals surface area contributed by atoms with E-state index in [0.717, 1.165) is 88.5 Å². The Morgan fingerprint density at radius 1 is 0.509 bits per heavy atom. The zero-order valence-corrected chi connectivity index (χ0v) is 30.8. The molecular weight excluding hydrogens is 699 g/mol. The smallest absolute Gasteiger partial charge is 0.227 e. The van der Waals surface area contributed by atoms with E-state index in [2.05, 4.69) is 179 Å². The third-order valence-electron chi connectivity index (χ3n) is 10.8. The predicted molar refractivity (Wildman–Crippen MR) is 231 cm³/mol. The lowest BCUT2D eigenvalue weighted by Crippen LogP contribution is -2.41.